The third-order valence-electron chi connectivity index (χ3n) is 10.0. The van der Waals surface area contributed by atoms with Gasteiger partial charge >= 0.3 is 19.8 Å². The molecule has 0 bridgehead atoms. The molecule has 0 aromatic rings. The zero-order chi connectivity index (χ0) is 45.3. The zero-order valence-corrected chi connectivity index (χ0v) is 40.2. The molecule has 0 aliphatic heterocycles. The molecule has 0 rings (SSSR count). The number of esters is 2. The van der Waals surface area contributed by atoms with Crippen LogP contribution < -0.4 is 5.73 Å². The molecule has 2 unspecified atom stereocenters. The third kappa shape index (κ3) is 46.7. The topological polar surface area (TPSA) is 134 Å². The Balaban J connectivity index is 4.17. The number of hydrogen-bond donors (Lipinski definition) is 2. The number of allylic oxidation sites excluding steroid dienone is 14. The molecule has 0 aliphatic rings. The molecule has 0 radical (unpaired) electrons. The number of nitrogens with two attached hydrogens (primary N) is 1. The summed E-state index contributed by atoms with van der Waals surface area (Å²) in [5.74, 6) is -0.866. The van der Waals surface area contributed by atoms with Crippen LogP contribution in [0.3, 0.4) is 0 Å². The SMILES string of the molecule is CC/C=C\C/C=C\C/C=C\C/C=C\C/C=C\C/C=C\CCCCCCC(=O)OC(COC(=O)CCCCCCCCC/C=C\CCCCCCCCC)COP(=O)(O)OCCN. The molecule has 0 saturated heterocycles. The van der Waals surface area contributed by atoms with Crippen LogP contribution in [-0.2, 0) is 32.7 Å². The van der Waals surface area contributed by atoms with Gasteiger partial charge in [-0.3, -0.25) is 18.6 Å². The molecule has 9 nitrogen and oxygen atoms in total. The van der Waals surface area contributed by atoms with Crippen molar-refractivity contribution < 1.29 is 37.6 Å². The summed E-state index contributed by atoms with van der Waals surface area (Å²) in [6, 6.07) is 0. The minimum absolute atomic E-state index is 0.0440. The number of ether oxygens (including phenoxy) is 2. The number of phosphoric ester groups is 1. The molecule has 0 aromatic carbocycles. The van der Waals surface area contributed by atoms with E-state index in [-0.39, 0.29) is 32.6 Å². The Morgan fingerprint density at radius 2 is 0.887 bits per heavy atom. The van der Waals surface area contributed by atoms with Crippen LogP contribution in [-0.4, -0.2) is 49.3 Å². The van der Waals surface area contributed by atoms with E-state index in [9.17, 15) is 19.0 Å². The van der Waals surface area contributed by atoms with Crippen molar-refractivity contribution in [2.45, 2.75) is 206 Å². The molecule has 0 saturated carbocycles. The highest BCUT2D eigenvalue weighted by Gasteiger charge is 2.26. The molecule has 10 heteroatoms. The van der Waals surface area contributed by atoms with Crippen LogP contribution in [0, 0.1) is 0 Å². The van der Waals surface area contributed by atoms with E-state index in [1.165, 1.54) is 70.6 Å². The predicted octanol–water partition coefficient (Wildman–Crippen LogP) is 14.8. The van der Waals surface area contributed by atoms with Crippen molar-refractivity contribution in [1.29, 1.82) is 0 Å². The summed E-state index contributed by atoms with van der Waals surface area (Å²) >= 11 is 0. The number of unbranched alkanes of at least 4 members (excludes halogenated alkanes) is 18. The molecule has 356 valence electrons. The Bertz CT molecular complexity index is 1290. The first kappa shape index (κ1) is 59.2. The zero-order valence-electron chi connectivity index (χ0n) is 39.3. The molecule has 0 fully saturated rings. The lowest BCUT2D eigenvalue weighted by Gasteiger charge is -2.19. The summed E-state index contributed by atoms with van der Waals surface area (Å²) in [5.41, 5.74) is 5.36. The Labute approximate surface area is 379 Å². The Kier molecular flexibility index (Phi) is 45.5. The summed E-state index contributed by atoms with van der Waals surface area (Å²) in [4.78, 5) is 35.0. The predicted molar refractivity (Wildman–Crippen MR) is 261 cm³/mol. The number of rotatable bonds is 45. The van der Waals surface area contributed by atoms with Crippen molar-refractivity contribution in [2.75, 3.05) is 26.4 Å². The first-order valence-electron chi connectivity index (χ1n) is 24.6. The maximum absolute atomic E-state index is 12.6. The largest absolute Gasteiger partial charge is 0.472 e. The van der Waals surface area contributed by atoms with Gasteiger partial charge in [-0.05, 0) is 89.9 Å². The van der Waals surface area contributed by atoms with Gasteiger partial charge in [-0.1, -0.05) is 182 Å². The summed E-state index contributed by atoms with van der Waals surface area (Å²) in [6.07, 6.45) is 60.4. The highest BCUT2D eigenvalue weighted by atomic mass is 31.2. The van der Waals surface area contributed by atoms with Crippen molar-refractivity contribution in [2.24, 2.45) is 5.73 Å². The fourth-order valence-electron chi connectivity index (χ4n) is 6.40. The Hall–Kier alpha value is -2.81. The van der Waals surface area contributed by atoms with Crippen LogP contribution in [0.2, 0.25) is 0 Å². The summed E-state index contributed by atoms with van der Waals surface area (Å²) in [7, 11) is -4.40. The molecule has 0 spiro atoms. The van der Waals surface area contributed by atoms with Crippen LogP contribution in [0.25, 0.3) is 0 Å². The van der Waals surface area contributed by atoms with Gasteiger partial charge in [0.25, 0.3) is 0 Å². The van der Waals surface area contributed by atoms with Gasteiger partial charge in [0.05, 0.1) is 13.2 Å². The lowest BCUT2D eigenvalue weighted by atomic mass is 10.1. The Morgan fingerprint density at radius 1 is 0.500 bits per heavy atom. The van der Waals surface area contributed by atoms with E-state index < -0.39 is 32.5 Å². The molecule has 62 heavy (non-hydrogen) atoms. The van der Waals surface area contributed by atoms with E-state index in [4.69, 9.17) is 24.3 Å². The van der Waals surface area contributed by atoms with E-state index in [1.54, 1.807) is 0 Å². The smallest absolute Gasteiger partial charge is 0.462 e. The second kappa shape index (κ2) is 47.7. The first-order valence-corrected chi connectivity index (χ1v) is 26.1. The van der Waals surface area contributed by atoms with Gasteiger partial charge in [0, 0.05) is 19.4 Å². The summed E-state index contributed by atoms with van der Waals surface area (Å²) in [6.45, 7) is 3.58. The van der Waals surface area contributed by atoms with Crippen LogP contribution in [0.5, 0.6) is 0 Å². The monoisotopic (exact) mass is 888 g/mol. The van der Waals surface area contributed by atoms with Crippen molar-refractivity contribution in [3.8, 4) is 0 Å². The fourth-order valence-corrected chi connectivity index (χ4v) is 7.16. The highest BCUT2D eigenvalue weighted by Crippen LogP contribution is 2.43. The average molecular weight is 888 g/mol. The van der Waals surface area contributed by atoms with Crippen molar-refractivity contribution in [3.05, 3.63) is 85.1 Å². The summed E-state index contributed by atoms with van der Waals surface area (Å²) < 4.78 is 32.9. The van der Waals surface area contributed by atoms with E-state index in [2.05, 4.69) is 98.9 Å². The van der Waals surface area contributed by atoms with Gasteiger partial charge in [0.2, 0.25) is 0 Å². The molecule has 0 aliphatic carbocycles. The van der Waals surface area contributed by atoms with Crippen LogP contribution in [0.15, 0.2) is 85.1 Å². The summed E-state index contributed by atoms with van der Waals surface area (Å²) in [5, 5.41) is 0. The second-order valence-electron chi connectivity index (χ2n) is 15.9. The van der Waals surface area contributed by atoms with Crippen molar-refractivity contribution in [3.63, 3.8) is 0 Å². The lowest BCUT2D eigenvalue weighted by molar-refractivity contribution is -0.161. The first-order chi connectivity index (χ1) is 30.3. The van der Waals surface area contributed by atoms with E-state index in [1.807, 2.05) is 0 Å². The second-order valence-corrected chi connectivity index (χ2v) is 17.4. The van der Waals surface area contributed by atoms with E-state index in [0.717, 1.165) is 96.3 Å². The normalized spacial score (nSPS) is 13.9. The fraction of sp³-hybridized carbons (Fsp3) is 0.692. The molecule has 2 atom stereocenters. The minimum Gasteiger partial charge on any atom is -0.462 e. The quantitative estimate of drug-likeness (QED) is 0.0265. The lowest BCUT2D eigenvalue weighted by Crippen LogP contribution is -2.29. The van der Waals surface area contributed by atoms with Gasteiger partial charge < -0.3 is 20.1 Å². The van der Waals surface area contributed by atoms with Crippen molar-refractivity contribution >= 4 is 19.8 Å². The van der Waals surface area contributed by atoms with Crippen LogP contribution in [0.4, 0.5) is 0 Å². The maximum Gasteiger partial charge on any atom is 0.472 e. The average Bonchev–Trinajstić information content (AvgIpc) is 3.26. The highest BCUT2D eigenvalue weighted by molar-refractivity contribution is 7.47. The minimum atomic E-state index is -4.40. The maximum atomic E-state index is 12.6. The number of hydrogen-bond acceptors (Lipinski definition) is 8. The Morgan fingerprint density at radius 3 is 1.34 bits per heavy atom. The number of carbonyl (C=O) groups is 2. The standard InChI is InChI=1S/C52H90NO8P/c1-3-5-7-9-11-13-15-17-19-21-23-24-25-26-27-29-31-33-35-37-39-41-43-45-52(55)61-50(49-60-62(56,57)59-47-46-53)48-58-51(54)44-42-40-38-36-34-32-30-28-22-20-18-16-14-12-10-8-6-4-2/h5,7,11,13,17,19-20,22-24,26-27,31,33,50H,3-4,6,8-10,12,14-16,18,21,25,28-30,32,34-49,53H2,1-2H3,(H,56,57)/b7-5-,13-11-,19-17-,22-20-,24-23-,27-26-,33-31-. The van der Waals surface area contributed by atoms with E-state index in [0.29, 0.717) is 6.42 Å². The van der Waals surface area contributed by atoms with Crippen LogP contribution >= 0.6 is 7.82 Å². The molecular formula is C52H90NO8P. The molecule has 0 heterocycles. The third-order valence-corrected chi connectivity index (χ3v) is 11.0. The number of phosphoric acid groups is 1. The molecule has 0 aromatic heterocycles. The van der Waals surface area contributed by atoms with Gasteiger partial charge in [-0.15, -0.1) is 0 Å². The molecule has 0 amide bonds. The van der Waals surface area contributed by atoms with Gasteiger partial charge in [-0.25, -0.2) is 4.57 Å². The molecular weight excluding hydrogens is 798 g/mol. The van der Waals surface area contributed by atoms with E-state index >= 15 is 0 Å². The number of carbonyl (C=O) groups excluding carboxylic acids is 2. The van der Waals surface area contributed by atoms with Gasteiger partial charge in [0.1, 0.15) is 6.61 Å². The van der Waals surface area contributed by atoms with Crippen LogP contribution in [0.1, 0.15) is 200 Å². The molecule has 3 N–H and O–H groups in total. The van der Waals surface area contributed by atoms with Gasteiger partial charge in [-0.2, -0.15) is 0 Å². The van der Waals surface area contributed by atoms with Crippen molar-refractivity contribution in [1.82, 2.24) is 0 Å². The van der Waals surface area contributed by atoms with Gasteiger partial charge in [0.15, 0.2) is 6.10 Å².